The Kier molecular flexibility index (Phi) is 4.77. The van der Waals surface area contributed by atoms with E-state index in [9.17, 15) is 18.9 Å². The van der Waals surface area contributed by atoms with E-state index in [0.717, 1.165) is 0 Å². The van der Waals surface area contributed by atoms with E-state index in [4.69, 9.17) is 5.73 Å². The van der Waals surface area contributed by atoms with Gasteiger partial charge in [-0.25, -0.2) is 8.78 Å². The topological polar surface area (TPSA) is 81.2 Å². The highest BCUT2D eigenvalue weighted by Gasteiger charge is 2.22. The van der Waals surface area contributed by atoms with Crippen molar-refractivity contribution in [2.45, 2.75) is 32.2 Å². The third-order valence-corrected chi connectivity index (χ3v) is 3.26. The van der Waals surface area contributed by atoms with Gasteiger partial charge in [0.1, 0.15) is 5.69 Å². The van der Waals surface area contributed by atoms with Crippen molar-refractivity contribution in [3.8, 4) is 0 Å². The van der Waals surface area contributed by atoms with Crippen LogP contribution >= 0.6 is 0 Å². The third-order valence-electron chi connectivity index (χ3n) is 3.26. The molecule has 5 nitrogen and oxygen atoms in total. The van der Waals surface area contributed by atoms with Crippen LogP contribution in [-0.2, 0) is 0 Å². The molecule has 0 atom stereocenters. The first-order valence-electron chi connectivity index (χ1n) is 5.99. The fourth-order valence-corrected chi connectivity index (χ4v) is 1.60. The van der Waals surface area contributed by atoms with Crippen LogP contribution in [0.1, 0.15) is 26.7 Å². The van der Waals surface area contributed by atoms with Gasteiger partial charge in [-0.1, -0.05) is 13.8 Å². The van der Waals surface area contributed by atoms with Crippen molar-refractivity contribution in [3.63, 3.8) is 0 Å². The van der Waals surface area contributed by atoms with E-state index in [-0.39, 0.29) is 12.2 Å². The molecule has 7 heteroatoms. The highest BCUT2D eigenvalue weighted by atomic mass is 19.1. The SMILES string of the molecule is CCC(N)(CC)CNc1c(F)cc([N+](=O)[O-])cc1F. The number of hydrogen-bond acceptors (Lipinski definition) is 4. The molecule has 0 saturated carbocycles. The Balaban J connectivity index is 2.94. The number of benzene rings is 1. The predicted octanol–water partition coefficient (Wildman–Crippen LogP) is 2.80. The summed E-state index contributed by atoms with van der Waals surface area (Å²) in [4.78, 5) is 9.61. The standard InChI is InChI=1S/C12H17F2N3O2/c1-3-12(15,4-2)7-16-11-9(13)5-8(17(18)19)6-10(11)14/h5-6,16H,3-4,7,15H2,1-2H3. The summed E-state index contributed by atoms with van der Waals surface area (Å²) >= 11 is 0. The zero-order valence-corrected chi connectivity index (χ0v) is 10.9. The molecule has 0 amide bonds. The Morgan fingerprint density at radius 1 is 1.32 bits per heavy atom. The van der Waals surface area contributed by atoms with Crippen LogP contribution in [0.25, 0.3) is 0 Å². The molecular formula is C12H17F2N3O2. The largest absolute Gasteiger partial charge is 0.378 e. The average molecular weight is 273 g/mol. The van der Waals surface area contributed by atoms with Crippen LogP contribution < -0.4 is 11.1 Å². The summed E-state index contributed by atoms with van der Waals surface area (Å²) in [6, 6.07) is 1.36. The van der Waals surface area contributed by atoms with E-state index in [1.165, 1.54) is 0 Å². The molecule has 0 unspecified atom stereocenters. The molecule has 3 N–H and O–H groups in total. The molecule has 1 aromatic carbocycles. The zero-order valence-electron chi connectivity index (χ0n) is 10.9. The van der Waals surface area contributed by atoms with Gasteiger partial charge in [0.15, 0.2) is 11.6 Å². The summed E-state index contributed by atoms with van der Waals surface area (Å²) in [5.74, 6) is -2.00. The Morgan fingerprint density at radius 2 is 1.79 bits per heavy atom. The van der Waals surface area contributed by atoms with Crippen molar-refractivity contribution in [3.05, 3.63) is 33.9 Å². The van der Waals surface area contributed by atoms with Crippen molar-refractivity contribution in [1.29, 1.82) is 0 Å². The third kappa shape index (κ3) is 3.60. The van der Waals surface area contributed by atoms with Gasteiger partial charge in [-0.2, -0.15) is 0 Å². The maximum absolute atomic E-state index is 13.6. The number of hydrogen-bond donors (Lipinski definition) is 2. The zero-order chi connectivity index (χ0) is 14.6. The lowest BCUT2D eigenvalue weighted by molar-refractivity contribution is -0.385. The number of rotatable bonds is 6. The lowest BCUT2D eigenvalue weighted by atomic mass is 9.94. The molecule has 1 rings (SSSR count). The number of nitrogens with two attached hydrogens (primary N) is 1. The second-order valence-corrected chi connectivity index (χ2v) is 4.46. The van der Waals surface area contributed by atoms with Gasteiger partial charge >= 0.3 is 0 Å². The first-order valence-corrected chi connectivity index (χ1v) is 5.99. The minimum absolute atomic E-state index is 0.186. The average Bonchev–Trinajstić information content (AvgIpc) is 2.37. The fourth-order valence-electron chi connectivity index (χ4n) is 1.60. The molecule has 0 bridgehead atoms. The number of nitrogens with one attached hydrogen (secondary N) is 1. The summed E-state index contributed by atoms with van der Waals surface area (Å²) in [5.41, 5.74) is 4.43. The van der Waals surface area contributed by atoms with Crippen LogP contribution in [0, 0.1) is 21.7 Å². The molecular weight excluding hydrogens is 256 g/mol. The van der Waals surface area contributed by atoms with Crippen LogP contribution in [0.2, 0.25) is 0 Å². The van der Waals surface area contributed by atoms with Crippen molar-refractivity contribution in [1.82, 2.24) is 0 Å². The minimum atomic E-state index is -0.999. The summed E-state index contributed by atoms with van der Waals surface area (Å²) in [6.45, 7) is 3.95. The first-order chi connectivity index (χ1) is 8.83. The number of halogens is 2. The number of non-ortho nitro benzene ring substituents is 1. The van der Waals surface area contributed by atoms with Gasteiger partial charge in [0.2, 0.25) is 0 Å². The molecule has 0 aliphatic carbocycles. The van der Waals surface area contributed by atoms with E-state index >= 15 is 0 Å². The van der Waals surface area contributed by atoms with E-state index in [0.29, 0.717) is 25.0 Å². The second-order valence-electron chi connectivity index (χ2n) is 4.46. The van der Waals surface area contributed by atoms with Gasteiger partial charge in [-0.3, -0.25) is 10.1 Å². The van der Waals surface area contributed by atoms with E-state index in [2.05, 4.69) is 5.32 Å². The van der Waals surface area contributed by atoms with Gasteiger partial charge < -0.3 is 11.1 Å². The summed E-state index contributed by atoms with van der Waals surface area (Å²) in [6.07, 6.45) is 1.29. The molecule has 0 aliphatic rings. The second kappa shape index (κ2) is 5.92. The Labute approximate surface area is 109 Å². The van der Waals surface area contributed by atoms with Crippen LogP contribution in [0.15, 0.2) is 12.1 Å². The molecule has 106 valence electrons. The molecule has 19 heavy (non-hydrogen) atoms. The van der Waals surface area contributed by atoms with Gasteiger partial charge in [-0.05, 0) is 12.8 Å². The maximum Gasteiger partial charge on any atom is 0.275 e. The van der Waals surface area contributed by atoms with Crippen LogP contribution in [0.3, 0.4) is 0 Å². The molecule has 0 fully saturated rings. The molecule has 0 aromatic heterocycles. The Morgan fingerprint density at radius 3 is 2.16 bits per heavy atom. The molecule has 0 heterocycles. The summed E-state index contributed by atoms with van der Waals surface area (Å²) in [5, 5.41) is 13.1. The fraction of sp³-hybridized carbons (Fsp3) is 0.500. The van der Waals surface area contributed by atoms with Crippen molar-refractivity contribution in [2.24, 2.45) is 5.73 Å². The van der Waals surface area contributed by atoms with Gasteiger partial charge in [0.25, 0.3) is 5.69 Å². The van der Waals surface area contributed by atoms with Crippen molar-refractivity contribution >= 4 is 11.4 Å². The maximum atomic E-state index is 13.6. The predicted molar refractivity (Wildman–Crippen MR) is 69.0 cm³/mol. The molecule has 0 aliphatic heterocycles. The molecule has 0 saturated heterocycles. The van der Waals surface area contributed by atoms with Crippen molar-refractivity contribution < 1.29 is 13.7 Å². The van der Waals surface area contributed by atoms with E-state index < -0.39 is 27.8 Å². The highest BCUT2D eigenvalue weighted by molar-refractivity contribution is 5.51. The lowest BCUT2D eigenvalue weighted by Gasteiger charge is -2.27. The van der Waals surface area contributed by atoms with Crippen LogP contribution in [0.4, 0.5) is 20.2 Å². The monoisotopic (exact) mass is 273 g/mol. The smallest absolute Gasteiger partial charge is 0.275 e. The number of nitro groups is 1. The lowest BCUT2D eigenvalue weighted by Crippen LogP contribution is -2.45. The van der Waals surface area contributed by atoms with E-state index in [1.807, 2.05) is 13.8 Å². The normalized spacial score (nSPS) is 11.4. The van der Waals surface area contributed by atoms with E-state index in [1.54, 1.807) is 0 Å². The highest BCUT2D eigenvalue weighted by Crippen LogP contribution is 2.25. The number of nitro benzene ring substituents is 1. The van der Waals surface area contributed by atoms with Gasteiger partial charge in [-0.15, -0.1) is 0 Å². The van der Waals surface area contributed by atoms with Crippen LogP contribution in [0.5, 0.6) is 0 Å². The molecule has 0 spiro atoms. The van der Waals surface area contributed by atoms with Crippen LogP contribution in [-0.4, -0.2) is 17.0 Å². The quantitative estimate of drug-likeness (QED) is 0.617. The first kappa shape index (κ1) is 15.3. The Bertz CT molecular complexity index is 453. The van der Waals surface area contributed by atoms with Gasteiger partial charge in [0, 0.05) is 12.1 Å². The van der Waals surface area contributed by atoms with Crippen molar-refractivity contribution in [2.75, 3.05) is 11.9 Å². The summed E-state index contributed by atoms with van der Waals surface area (Å²) < 4.78 is 27.2. The number of anilines is 1. The molecule has 1 aromatic rings. The summed E-state index contributed by atoms with van der Waals surface area (Å²) in [7, 11) is 0. The minimum Gasteiger partial charge on any atom is -0.378 e. The molecule has 0 radical (unpaired) electrons. The Hall–Kier alpha value is -1.76. The number of nitrogens with zero attached hydrogens (tertiary/aromatic N) is 1. The van der Waals surface area contributed by atoms with Gasteiger partial charge in [0.05, 0.1) is 17.1 Å².